The second-order valence-electron chi connectivity index (χ2n) is 8.01. The van der Waals surface area contributed by atoms with Crippen molar-refractivity contribution in [2.24, 2.45) is 0 Å². The number of hydrogen-bond donors (Lipinski definition) is 1. The molecule has 0 aliphatic carbocycles. The van der Waals surface area contributed by atoms with Crippen molar-refractivity contribution in [2.45, 2.75) is 45.4 Å². The fourth-order valence-electron chi connectivity index (χ4n) is 2.87. The van der Waals surface area contributed by atoms with Crippen LogP contribution in [0.4, 0.5) is 0 Å². The van der Waals surface area contributed by atoms with Crippen LogP contribution in [0.3, 0.4) is 0 Å². The molecular weight excluding hydrogens is 488 g/mol. The molecule has 1 N–H and O–H groups in total. The number of aliphatic hydroxyl groups is 1. The normalized spacial score (nSPS) is 11.3. The first-order valence-corrected chi connectivity index (χ1v) is 13.7. The highest BCUT2D eigenvalue weighted by Gasteiger charge is 2.02. The van der Waals surface area contributed by atoms with Crippen molar-refractivity contribution in [3.63, 3.8) is 0 Å². The largest absolute Gasteiger partial charge is 0.463 e. The summed E-state index contributed by atoms with van der Waals surface area (Å²) < 4.78 is 48.0. The predicted molar refractivity (Wildman–Crippen MR) is 138 cm³/mol. The summed E-state index contributed by atoms with van der Waals surface area (Å²) in [5.41, 5.74) is 0. The average molecular weight is 541 g/mol. The van der Waals surface area contributed by atoms with Gasteiger partial charge in [0.2, 0.25) is 0 Å². The molecule has 0 bridgehead atoms. The second kappa shape index (κ2) is 33.1. The molecular formula is C26H52O11. The van der Waals surface area contributed by atoms with E-state index in [-0.39, 0.29) is 19.2 Å². The lowest BCUT2D eigenvalue weighted by Gasteiger charge is -2.09. The van der Waals surface area contributed by atoms with Gasteiger partial charge in [0.25, 0.3) is 0 Å². The van der Waals surface area contributed by atoms with E-state index >= 15 is 0 Å². The maximum absolute atomic E-state index is 11.6. The maximum Gasteiger partial charge on any atom is 0.305 e. The second-order valence-corrected chi connectivity index (χ2v) is 8.01. The van der Waals surface area contributed by atoms with Crippen LogP contribution in [0, 0.1) is 0 Å². The SMILES string of the molecule is CCCCCCCC(=O)OCCOCCOCCOCCOCCOCCOCCOCCOCCO. The number of esters is 1. The van der Waals surface area contributed by atoms with E-state index in [4.69, 9.17) is 47.7 Å². The van der Waals surface area contributed by atoms with E-state index in [0.717, 1.165) is 12.8 Å². The van der Waals surface area contributed by atoms with Crippen LogP contribution in [0.15, 0.2) is 0 Å². The molecule has 0 aliphatic rings. The fraction of sp³-hybridized carbons (Fsp3) is 0.962. The third-order valence-electron chi connectivity index (χ3n) is 4.81. The van der Waals surface area contributed by atoms with Crippen molar-refractivity contribution in [2.75, 3.05) is 119 Å². The lowest BCUT2D eigenvalue weighted by atomic mass is 10.1. The predicted octanol–water partition coefficient (Wildman–Crippen LogP) is 2.02. The maximum atomic E-state index is 11.6. The zero-order valence-corrected chi connectivity index (χ0v) is 23.0. The molecule has 0 spiro atoms. The first-order valence-electron chi connectivity index (χ1n) is 13.7. The van der Waals surface area contributed by atoms with Gasteiger partial charge in [-0.15, -0.1) is 0 Å². The van der Waals surface area contributed by atoms with Crippen molar-refractivity contribution in [1.82, 2.24) is 0 Å². The van der Waals surface area contributed by atoms with Crippen molar-refractivity contribution in [3.8, 4) is 0 Å². The Balaban J connectivity index is 3.08. The monoisotopic (exact) mass is 540 g/mol. The molecule has 0 rings (SSSR count). The Hall–Kier alpha value is -0.890. The van der Waals surface area contributed by atoms with Crippen LogP contribution in [-0.2, 0) is 47.4 Å². The van der Waals surface area contributed by atoms with Gasteiger partial charge in [-0.05, 0) is 6.42 Å². The van der Waals surface area contributed by atoms with E-state index in [1.165, 1.54) is 19.3 Å². The molecule has 0 amide bonds. The van der Waals surface area contributed by atoms with Gasteiger partial charge in [0.15, 0.2) is 0 Å². The van der Waals surface area contributed by atoms with Crippen LogP contribution in [0.25, 0.3) is 0 Å². The van der Waals surface area contributed by atoms with Crippen LogP contribution < -0.4 is 0 Å². The van der Waals surface area contributed by atoms with Gasteiger partial charge < -0.3 is 47.7 Å². The molecule has 0 aliphatic heterocycles. The molecule has 11 nitrogen and oxygen atoms in total. The summed E-state index contributed by atoms with van der Waals surface area (Å²) in [6.07, 6.45) is 6.08. The number of ether oxygens (including phenoxy) is 9. The molecule has 0 aromatic heterocycles. The smallest absolute Gasteiger partial charge is 0.305 e. The Labute approximate surface area is 223 Å². The van der Waals surface area contributed by atoms with Gasteiger partial charge in [0, 0.05) is 6.42 Å². The summed E-state index contributed by atoms with van der Waals surface area (Å²) in [5, 5.41) is 8.56. The number of carbonyl (C=O) groups excluding carboxylic acids is 1. The third-order valence-corrected chi connectivity index (χ3v) is 4.81. The topological polar surface area (TPSA) is 120 Å². The summed E-state index contributed by atoms with van der Waals surface area (Å²) in [6.45, 7) is 10.1. The molecule has 0 saturated carbocycles. The van der Waals surface area contributed by atoms with Gasteiger partial charge in [-0.25, -0.2) is 0 Å². The van der Waals surface area contributed by atoms with Gasteiger partial charge in [0.05, 0.1) is 112 Å². The molecule has 0 unspecified atom stereocenters. The van der Waals surface area contributed by atoms with Crippen LogP contribution in [-0.4, -0.2) is 130 Å². The fourth-order valence-corrected chi connectivity index (χ4v) is 2.87. The minimum atomic E-state index is -0.147. The van der Waals surface area contributed by atoms with E-state index in [9.17, 15) is 4.79 Å². The zero-order valence-electron chi connectivity index (χ0n) is 23.0. The molecule has 222 valence electrons. The molecule has 0 aromatic rings. The highest BCUT2D eigenvalue weighted by atomic mass is 16.6. The third kappa shape index (κ3) is 33.1. The molecule has 0 atom stereocenters. The number of hydrogen-bond acceptors (Lipinski definition) is 11. The van der Waals surface area contributed by atoms with Crippen molar-refractivity contribution < 1.29 is 52.5 Å². The Bertz CT molecular complexity index is 441. The Morgan fingerprint density at radius 2 is 0.784 bits per heavy atom. The number of rotatable bonds is 32. The summed E-state index contributed by atoms with van der Waals surface area (Å²) in [6, 6.07) is 0. The van der Waals surface area contributed by atoms with Crippen LogP contribution in [0.2, 0.25) is 0 Å². The first kappa shape index (κ1) is 36.1. The Morgan fingerprint density at radius 3 is 1.14 bits per heavy atom. The molecule has 0 aromatic carbocycles. The number of carbonyl (C=O) groups is 1. The van der Waals surface area contributed by atoms with Crippen LogP contribution in [0.5, 0.6) is 0 Å². The van der Waals surface area contributed by atoms with Crippen LogP contribution in [0.1, 0.15) is 45.4 Å². The van der Waals surface area contributed by atoms with Crippen molar-refractivity contribution in [3.05, 3.63) is 0 Å². The van der Waals surface area contributed by atoms with E-state index in [1.54, 1.807) is 0 Å². The Kier molecular flexibility index (Phi) is 32.3. The lowest BCUT2D eigenvalue weighted by molar-refractivity contribution is -0.145. The summed E-state index contributed by atoms with van der Waals surface area (Å²) in [7, 11) is 0. The van der Waals surface area contributed by atoms with E-state index in [0.29, 0.717) is 112 Å². The number of aliphatic hydroxyl groups excluding tert-OH is 1. The quantitative estimate of drug-likeness (QED) is 0.0996. The van der Waals surface area contributed by atoms with Gasteiger partial charge in [-0.2, -0.15) is 0 Å². The minimum absolute atomic E-state index is 0.0257. The summed E-state index contributed by atoms with van der Waals surface area (Å²) in [4.78, 5) is 11.6. The molecule has 37 heavy (non-hydrogen) atoms. The van der Waals surface area contributed by atoms with Gasteiger partial charge in [-0.1, -0.05) is 32.6 Å². The van der Waals surface area contributed by atoms with Gasteiger partial charge in [0.1, 0.15) is 6.61 Å². The van der Waals surface area contributed by atoms with Gasteiger partial charge >= 0.3 is 5.97 Å². The summed E-state index contributed by atoms with van der Waals surface area (Å²) >= 11 is 0. The molecule has 11 heteroatoms. The van der Waals surface area contributed by atoms with E-state index in [2.05, 4.69) is 6.92 Å². The highest BCUT2D eigenvalue weighted by molar-refractivity contribution is 5.69. The van der Waals surface area contributed by atoms with Crippen LogP contribution >= 0.6 is 0 Å². The summed E-state index contributed by atoms with van der Waals surface area (Å²) in [5.74, 6) is -0.147. The van der Waals surface area contributed by atoms with Gasteiger partial charge in [-0.3, -0.25) is 4.79 Å². The van der Waals surface area contributed by atoms with E-state index < -0.39 is 0 Å². The van der Waals surface area contributed by atoms with Crippen molar-refractivity contribution >= 4 is 5.97 Å². The lowest BCUT2D eigenvalue weighted by Crippen LogP contribution is -2.15. The first-order chi connectivity index (χ1) is 18.3. The molecule has 0 fully saturated rings. The highest BCUT2D eigenvalue weighted by Crippen LogP contribution is 2.05. The average Bonchev–Trinajstić information content (AvgIpc) is 2.90. The molecule has 0 radical (unpaired) electrons. The van der Waals surface area contributed by atoms with Crippen molar-refractivity contribution in [1.29, 1.82) is 0 Å². The standard InChI is InChI=1S/C26H52O11/c1-2-3-4-5-6-7-26(28)37-25-24-36-23-22-35-21-20-34-19-18-33-17-16-32-15-14-31-13-12-30-11-10-29-9-8-27/h27H,2-25H2,1H3. The Morgan fingerprint density at radius 1 is 0.459 bits per heavy atom. The number of unbranched alkanes of at least 4 members (excludes halogenated alkanes) is 4. The van der Waals surface area contributed by atoms with E-state index in [1.807, 2.05) is 0 Å². The molecule has 0 heterocycles. The zero-order chi connectivity index (χ0) is 26.9. The minimum Gasteiger partial charge on any atom is -0.463 e. The molecule has 0 saturated heterocycles.